The summed E-state index contributed by atoms with van der Waals surface area (Å²) in [6.45, 7) is 1.77. The Morgan fingerprint density at radius 1 is 1.57 bits per heavy atom. The first-order valence-electron chi connectivity index (χ1n) is 4.05. The molecule has 1 N–H and O–H groups in total. The van der Waals surface area contributed by atoms with Crippen molar-refractivity contribution in [2.45, 2.75) is 13.3 Å². The van der Waals surface area contributed by atoms with E-state index in [9.17, 15) is 4.79 Å². The molecule has 14 heavy (non-hydrogen) atoms. The first-order valence-corrected chi connectivity index (χ1v) is 4.42. The molecule has 1 aromatic heterocycles. The fourth-order valence-corrected chi connectivity index (χ4v) is 0.988. The normalized spacial score (nSPS) is 11.4. The van der Waals surface area contributed by atoms with Crippen LogP contribution < -0.4 is 0 Å². The molecule has 0 fully saturated rings. The highest BCUT2D eigenvalue weighted by molar-refractivity contribution is 6.29. The van der Waals surface area contributed by atoms with Crippen molar-refractivity contribution in [1.82, 2.24) is 9.97 Å². The SMILES string of the molecule is CC/C(=C\c1cnc(Cl)cn1)C(=O)O. The minimum Gasteiger partial charge on any atom is -0.478 e. The van der Waals surface area contributed by atoms with Crippen LogP contribution in [0.1, 0.15) is 19.0 Å². The molecule has 1 rings (SSSR count). The van der Waals surface area contributed by atoms with Crippen LogP contribution in [0.4, 0.5) is 0 Å². The lowest BCUT2D eigenvalue weighted by atomic mass is 10.2. The number of hydrogen-bond donors (Lipinski definition) is 1. The molecule has 0 atom stereocenters. The first-order chi connectivity index (χ1) is 6.63. The van der Waals surface area contributed by atoms with E-state index in [1.54, 1.807) is 6.92 Å². The van der Waals surface area contributed by atoms with Gasteiger partial charge in [0.2, 0.25) is 0 Å². The van der Waals surface area contributed by atoms with Gasteiger partial charge >= 0.3 is 5.97 Å². The Morgan fingerprint density at radius 2 is 2.29 bits per heavy atom. The van der Waals surface area contributed by atoms with Crippen molar-refractivity contribution < 1.29 is 9.90 Å². The van der Waals surface area contributed by atoms with E-state index in [0.29, 0.717) is 17.7 Å². The number of rotatable bonds is 3. The molecule has 0 aliphatic heterocycles. The molecule has 0 unspecified atom stereocenters. The van der Waals surface area contributed by atoms with Crippen molar-refractivity contribution in [3.05, 3.63) is 28.8 Å². The Bertz CT molecular complexity index is 360. The molecule has 74 valence electrons. The lowest BCUT2D eigenvalue weighted by molar-refractivity contribution is -0.132. The van der Waals surface area contributed by atoms with Gasteiger partial charge in [0.15, 0.2) is 0 Å². The number of nitrogens with zero attached hydrogens (tertiary/aromatic N) is 2. The summed E-state index contributed by atoms with van der Waals surface area (Å²) in [4.78, 5) is 18.4. The van der Waals surface area contributed by atoms with Crippen molar-refractivity contribution in [1.29, 1.82) is 0 Å². The number of aromatic nitrogens is 2. The van der Waals surface area contributed by atoms with Crippen LogP contribution in [0.3, 0.4) is 0 Å². The van der Waals surface area contributed by atoms with Crippen molar-refractivity contribution in [3.8, 4) is 0 Å². The number of halogens is 1. The van der Waals surface area contributed by atoms with Gasteiger partial charge in [0.05, 0.1) is 18.1 Å². The summed E-state index contributed by atoms with van der Waals surface area (Å²) in [6.07, 6.45) is 4.73. The van der Waals surface area contributed by atoms with E-state index in [1.165, 1.54) is 18.5 Å². The third kappa shape index (κ3) is 2.81. The first kappa shape index (κ1) is 10.7. The van der Waals surface area contributed by atoms with Crippen LogP contribution in [0.2, 0.25) is 5.15 Å². The molecule has 0 spiro atoms. The highest BCUT2D eigenvalue weighted by Gasteiger charge is 2.04. The van der Waals surface area contributed by atoms with Gasteiger partial charge in [0.25, 0.3) is 0 Å². The van der Waals surface area contributed by atoms with E-state index in [1.807, 2.05) is 0 Å². The van der Waals surface area contributed by atoms with E-state index >= 15 is 0 Å². The number of aliphatic carboxylic acids is 1. The molecule has 0 amide bonds. The second-order valence-electron chi connectivity index (χ2n) is 2.59. The van der Waals surface area contributed by atoms with Crippen molar-refractivity contribution in [2.75, 3.05) is 0 Å². The van der Waals surface area contributed by atoms with E-state index in [4.69, 9.17) is 16.7 Å². The molecule has 5 heteroatoms. The standard InChI is InChI=1S/C9H9ClN2O2/c1-2-6(9(13)14)3-7-4-12-8(10)5-11-7/h3-5H,2H2,1H3,(H,13,14)/b6-3+. The van der Waals surface area contributed by atoms with Crippen LogP contribution in [0.15, 0.2) is 18.0 Å². The van der Waals surface area contributed by atoms with Gasteiger partial charge in [-0.3, -0.25) is 4.98 Å². The molecule has 0 saturated heterocycles. The van der Waals surface area contributed by atoms with Gasteiger partial charge < -0.3 is 5.11 Å². The van der Waals surface area contributed by atoms with E-state index in [-0.39, 0.29) is 5.15 Å². The maximum atomic E-state index is 10.7. The van der Waals surface area contributed by atoms with Gasteiger partial charge in [-0.15, -0.1) is 0 Å². The maximum absolute atomic E-state index is 10.7. The lowest BCUT2D eigenvalue weighted by Crippen LogP contribution is -1.99. The van der Waals surface area contributed by atoms with Gasteiger partial charge in [0.1, 0.15) is 5.15 Å². The number of carbonyl (C=O) groups is 1. The zero-order chi connectivity index (χ0) is 10.6. The third-order valence-electron chi connectivity index (χ3n) is 1.62. The van der Waals surface area contributed by atoms with Gasteiger partial charge in [-0.05, 0) is 12.5 Å². The molecule has 0 bridgehead atoms. The molecule has 1 aromatic rings. The summed E-state index contributed by atoms with van der Waals surface area (Å²) in [6, 6.07) is 0. The van der Waals surface area contributed by atoms with Gasteiger partial charge in [-0.25, -0.2) is 9.78 Å². The average molecular weight is 213 g/mol. The van der Waals surface area contributed by atoms with Crippen LogP contribution >= 0.6 is 11.6 Å². The quantitative estimate of drug-likeness (QED) is 0.779. The third-order valence-corrected chi connectivity index (χ3v) is 1.81. The minimum absolute atomic E-state index is 0.288. The van der Waals surface area contributed by atoms with E-state index < -0.39 is 5.97 Å². The molecule has 0 radical (unpaired) electrons. The zero-order valence-electron chi connectivity index (χ0n) is 7.57. The van der Waals surface area contributed by atoms with Gasteiger partial charge in [-0.1, -0.05) is 18.5 Å². The summed E-state index contributed by atoms with van der Waals surface area (Å²) in [5.41, 5.74) is 0.787. The molecular weight excluding hydrogens is 204 g/mol. The number of hydrogen-bond acceptors (Lipinski definition) is 3. The largest absolute Gasteiger partial charge is 0.478 e. The Hall–Kier alpha value is -1.42. The monoisotopic (exact) mass is 212 g/mol. The summed E-state index contributed by atoms with van der Waals surface area (Å²) in [5.74, 6) is -0.941. The lowest BCUT2D eigenvalue weighted by Gasteiger charge is -1.97. The Kier molecular flexibility index (Phi) is 3.59. The van der Waals surface area contributed by atoms with Crippen molar-refractivity contribution >= 4 is 23.6 Å². The predicted molar refractivity (Wildman–Crippen MR) is 52.9 cm³/mol. The van der Waals surface area contributed by atoms with Crippen LogP contribution in [0.5, 0.6) is 0 Å². The highest BCUT2D eigenvalue weighted by atomic mass is 35.5. The fourth-order valence-electron chi connectivity index (χ4n) is 0.890. The molecule has 4 nitrogen and oxygen atoms in total. The van der Waals surface area contributed by atoms with Gasteiger partial charge in [-0.2, -0.15) is 0 Å². The van der Waals surface area contributed by atoms with E-state index in [2.05, 4.69) is 9.97 Å². The molecule has 1 heterocycles. The Labute approximate surface area is 86.3 Å². The molecule has 0 aliphatic rings. The minimum atomic E-state index is -0.941. The fraction of sp³-hybridized carbons (Fsp3) is 0.222. The highest BCUT2D eigenvalue weighted by Crippen LogP contribution is 2.08. The summed E-state index contributed by atoms with van der Waals surface area (Å²) < 4.78 is 0. The zero-order valence-corrected chi connectivity index (χ0v) is 8.32. The predicted octanol–water partition coefficient (Wildman–Crippen LogP) is 2.01. The number of carboxylic acid groups (broad SMARTS) is 1. The van der Waals surface area contributed by atoms with Crippen molar-refractivity contribution in [3.63, 3.8) is 0 Å². The molecular formula is C9H9ClN2O2. The van der Waals surface area contributed by atoms with Crippen LogP contribution in [0.25, 0.3) is 6.08 Å². The summed E-state index contributed by atoms with van der Waals surface area (Å²) in [5, 5.41) is 9.03. The van der Waals surface area contributed by atoms with Crippen LogP contribution in [-0.2, 0) is 4.79 Å². The smallest absolute Gasteiger partial charge is 0.331 e. The molecule has 0 aliphatic carbocycles. The maximum Gasteiger partial charge on any atom is 0.331 e. The van der Waals surface area contributed by atoms with Crippen molar-refractivity contribution in [2.24, 2.45) is 0 Å². The number of carboxylic acids is 1. The Morgan fingerprint density at radius 3 is 2.71 bits per heavy atom. The molecule has 0 saturated carbocycles. The molecule has 0 aromatic carbocycles. The van der Waals surface area contributed by atoms with Gasteiger partial charge in [0, 0.05) is 5.57 Å². The second-order valence-corrected chi connectivity index (χ2v) is 2.98. The van der Waals surface area contributed by atoms with Crippen LogP contribution in [-0.4, -0.2) is 21.0 Å². The topological polar surface area (TPSA) is 63.1 Å². The summed E-state index contributed by atoms with van der Waals surface area (Å²) >= 11 is 5.53. The summed E-state index contributed by atoms with van der Waals surface area (Å²) in [7, 11) is 0. The average Bonchev–Trinajstić information content (AvgIpc) is 2.16. The van der Waals surface area contributed by atoms with Crippen LogP contribution in [0, 0.1) is 0 Å². The second kappa shape index (κ2) is 4.72. The van der Waals surface area contributed by atoms with E-state index in [0.717, 1.165) is 0 Å². The Balaban J connectivity index is 2.95.